The average Bonchev–Trinajstić information content (AvgIpc) is 3.14. The third-order valence-electron chi connectivity index (χ3n) is 7.32. The molecule has 22 heteroatoms. The molecule has 0 amide bonds. The third kappa shape index (κ3) is 11.9. The number of nitrogens with zero attached hydrogens (tertiary/aromatic N) is 6. The summed E-state index contributed by atoms with van der Waals surface area (Å²) in [5, 5.41) is 0. The monoisotopic (exact) mass is 812 g/mol. The molecule has 0 spiro atoms. The van der Waals surface area contributed by atoms with Crippen molar-refractivity contribution in [1.29, 1.82) is 0 Å². The van der Waals surface area contributed by atoms with Crippen molar-refractivity contribution in [3.8, 4) is 0 Å². The van der Waals surface area contributed by atoms with Crippen molar-refractivity contribution < 1.29 is 85.1 Å². The van der Waals surface area contributed by atoms with Gasteiger partial charge in [0.05, 0.1) is 32.5 Å². The van der Waals surface area contributed by atoms with Gasteiger partial charge >= 0.3 is 59.1 Å². The Labute approximate surface area is 362 Å². The van der Waals surface area contributed by atoms with Crippen LogP contribution in [-0.4, -0.2) is 69.9 Å². The van der Waals surface area contributed by atoms with Gasteiger partial charge in [-0.2, -0.15) is 0 Å². The minimum atomic E-state index is -5.07. The second-order valence-corrected chi connectivity index (χ2v) is 13.8. The van der Waals surface area contributed by atoms with Crippen molar-refractivity contribution in [2.45, 2.75) is 9.79 Å². The molecule has 18 nitrogen and oxygen atoms in total. The number of benzene rings is 4. The van der Waals surface area contributed by atoms with E-state index in [-0.39, 0.29) is 104 Å². The number of para-hydroxylation sites is 2. The second kappa shape index (κ2) is 19.4. The molecule has 0 aliphatic heterocycles. The van der Waals surface area contributed by atoms with Gasteiger partial charge in [-0.25, -0.2) is 36.8 Å². The Hall–Kier alpha value is -4.74. The van der Waals surface area contributed by atoms with E-state index >= 15 is 0 Å². The van der Waals surface area contributed by atoms with Gasteiger partial charge in [0.15, 0.2) is 0 Å². The number of rotatable bonds is 8. The SMILES string of the molecule is CN=c1[nH]c(=Nc2ccccc2)[nH]c(=Nc2ccc(/C=C/c3ccc(N=c4[nH]c(=NC)[nH]c(=Nc5ccccc5)[nH]4)cc3S(=O)(=O)[O-])c(S(=O)(=O)[O-])c2)[nH]1.[Na+].[Na+]. The fourth-order valence-electron chi connectivity index (χ4n) is 4.90. The van der Waals surface area contributed by atoms with Gasteiger partial charge in [0.25, 0.3) is 0 Å². The molecule has 0 radical (unpaired) electrons. The van der Waals surface area contributed by atoms with Gasteiger partial charge < -0.3 is 9.11 Å². The summed E-state index contributed by atoms with van der Waals surface area (Å²) in [4.78, 5) is 42.1. The summed E-state index contributed by atoms with van der Waals surface area (Å²) >= 11 is 0. The Morgan fingerprint density at radius 3 is 1.05 bits per heavy atom. The Bertz CT molecular complexity index is 2830. The Balaban J connectivity index is 0.00000348. The number of nitrogens with one attached hydrogen (secondary N) is 6. The largest absolute Gasteiger partial charge is 1.00 e. The topological polar surface area (TPSA) is 283 Å². The first-order valence-electron chi connectivity index (χ1n) is 15.7. The minimum absolute atomic E-state index is 0. The van der Waals surface area contributed by atoms with Crippen LogP contribution in [0.4, 0.5) is 22.7 Å². The first-order chi connectivity index (χ1) is 25.9. The molecule has 2 heterocycles. The van der Waals surface area contributed by atoms with Crippen LogP contribution in [0, 0.1) is 0 Å². The van der Waals surface area contributed by atoms with Gasteiger partial charge in [-0.1, -0.05) is 60.7 Å². The molecule has 276 valence electrons. The Morgan fingerprint density at radius 1 is 0.446 bits per heavy atom. The molecule has 2 aromatic heterocycles. The molecule has 0 aliphatic carbocycles. The van der Waals surface area contributed by atoms with Crippen molar-refractivity contribution in [2.75, 3.05) is 14.1 Å². The molecule has 0 saturated carbocycles. The normalized spacial score (nSPS) is 13.9. The van der Waals surface area contributed by atoms with Crippen LogP contribution in [0.2, 0.25) is 0 Å². The van der Waals surface area contributed by atoms with E-state index in [2.05, 4.69) is 59.9 Å². The standard InChI is InChI=1S/C34H32N12O6S2.2Na/c1-35-29-41-31(37-23-9-5-3-6-10-23)45-33(43-29)39-25-17-15-21(27(19-25)53(47,48)49)13-14-22-16-18-26(20-28(22)54(50,51)52)40-34-44-30(36-2)42-32(46-34)38-24-11-7-4-8-12-24;;/h3-20H,1-2H3,(H,47,48,49)(H,50,51,52)(H3,35,37,39,41,43,45)(H3,36,38,40,42,44,46);;/q;2*+1/p-2/b14-13+;;. The first-order valence-corrected chi connectivity index (χ1v) is 18.6. The van der Waals surface area contributed by atoms with Crippen LogP contribution in [0.1, 0.15) is 11.1 Å². The number of hydrogen-bond donors (Lipinski definition) is 6. The van der Waals surface area contributed by atoms with E-state index in [9.17, 15) is 25.9 Å². The maximum absolute atomic E-state index is 12.4. The molecule has 0 saturated heterocycles. The van der Waals surface area contributed by atoms with Crippen LogP contribution < -0.4 is 92.8 Å². The molecule has 0 bridgehead atoms. The van der Waals surface area contributed by atoms with E-state index in [1.54, 1.807) is 24.3 Å². The smallest absolute Gasteiger partial charge is 0.744 e. The van der Waals surface area contributed by atoms with E-state index in [0.717, 1.165) is 12.1 Å². The van der Waals surface area contributed by atoms with Crippen molar-refractivity contribution >= 4 is 55.1 Å². The van der Waals surface area contributed by atoms with Crippen LogP contribution in [-0.2, 0) is 20.2 Å². The van der Waals surface area contributed by atoms with Crippen LogP contribution in [0.3, 0.4) is 0 Å². The molecule has 4 aromatic carbocycles. The van der Waals surface area contributed by atoms with Crippen molar-refractivity contribution in [3.63, 3.8) is 0 Å². The summed E-state index contributed by atoms with van der Waals surface area (Å²) < 4.78 is 74.3. The molecule has 6 aromatic rings. The summed E-state index contributed by atoms with van der Waals surface area (Å²) in [7, 11) is -7.07. The molecule has 0 unspecified atom stereocenters. The molecule has 0 atom stereocenters. The number of hydrogen-bond acceptors (Lipinski definition) is 12. The maximum Gasteiger partial charge on any atom is 1.00 e. The van der Waals surface area contributed by atoms with Gasteiger partial charge in [0.2, 0.25) is 33.7 Å². The second-order valence-electron chi connectivity index (χ2n) is 11.1. The minimum Gasteiger partial charge on any atom is -0.744 e. The number of aromatic amines is 6. The average molecular weight is 813 g/mol. The zero-order valence-corrected chi connectivity index (χ0v) is 36.0. The van der Waals surface area contributed by atoms with Crippen molar-refractivity contribution in [2.24, 2.45) is 30.0 Å². The summed E-state index contributed by atoms with van der Waals surface area (Å²) in [5.74, 6) is 0. The van der Waals surface area contributed by atoms with E-state index < -0.39 is 30.0 Å². The Kier molecular flexibility index (Phi) is 15.2. The third-order valence-corrected chi connectivity index (χ3v) is 9.10. The van der Waals surface area contributed by atoms with E-state index in [1.807, 2.05) is 36.4 Å². The first kappa shape index (κ1) is 44.0. The zero-order valence-electron chi connectivity index (χ0n) is 30.3. The molecule has 0 fully saturated rings. The van der Waals surface area contributed by atoms with Crippen LogP contribution in [0.15, 0.2) is 137 Å². The van der Waals surface area contributed by atoms with Crippen LogP contribution >= 0.6 is 0 Å². The summed E-state index contributed by atoms with van der Waals surface area (Å²) in [5.41, 5.74) is 2.66. The maximum atomic E-state index is 12.4. The van der Waals surface area contributed by atoms with Gasteiger partial charge in [0, 0.05) is 14.1 Å². The molecule has 6 rings (SSSR count). The van der Waals surface area contributed by atoms with E-state index in [1.165, 1.54) is 50.5 Å². The van der Waals surface area contributed by atoms with E-state index in [0.29, 0.717) is 22.6 Å². The van der Waals surface area contributed by atoms with Crippen LogP contribution in [0.25, 0.3) is 12.2 Å². The quantitative estimate of drug-likeness (QED) is 0.0502. The van der Waals surface area contributed by atoms with Crippen molar-refractivity contribution in [1.82, 2.24) is 29.9 Å². The summed E-state index contributed by atoms with van der Waals surface area (Å²) in [6.07, 6.45) is 2.41. The van der Waals surface area contributed by atoms with Crippen molar-refractivity contribution in [3.05, 3.63) is 142 Å². The predicted molar refractivity (Wildman–Crippen MR) is 193 cm³/mol. The summed E-state index contributed by atoms with van der Waals surface area (Å²) in [6, 6.07) is 25.7. The Morgan fingerprint density at radius 2 is 0.750 bits per heavy atom. The molecule has 0 aliphatic rings. The number of H-pyrrole nitrogens is 6. The molecule has 56 heavy (non-hydrogen) atoms. The molecular formula is C34H30N12Na2O6S2. The molecular weight excluding hydrogens is 783 g/mol. The zero-order chi connectivity index (χ0) is 38.3. The fourth-order valence-corrected chi connectivity index (χ4v) is 6.28. The molecule has 6 N–H and O–H groups in total. The van der Waals surface area contributed by atoms with Crippen LogP contribution in [0.5, 0.6) is 0 Å². The summed E-state index contributed by atoms with van der Waals surface area (Å²) in [6.45, 7) is 0. The van der Waals surface area contributed by atoms with Gasteiger partial charge in [-0.3, -0.25) is 39.9 Å². The van der Waals surface area contributed by atoms with E-state index in [4.69, 9.17) is 0 Å². The fraction of sp³-hybridized carbons (Fsp3) is 0.0588. The predicted octanol–water partition coefficient (Wildman–Crippen LogP) is -4.37. The van der Waals surface area contributed by atoms with Gasteiger partial charge in [-0.15, -0.1) is 0 Å². The number of aromatic nitrogens is 6. The van der Waals surface area contributed by atoms with Gasteiger partial charge in [0.1, 0.15) is 20.2 Å². The van der Waals surface area contributed by atoms with Gasteiger partial charge in [-0.05, 0) is 59.7 Å².